The Morgan fingerprint density at radius 3 is 2.31 bits per heavy atom. The fourth-order valence-corrected chi connectivity index (χ4v) is 4.36. The van der Waals surface area contributed by atoms with Crippen molar-refractivity contribution in [3.8, 4) is 0 Å². The van der Waals surface area contributed by atoms with Gasteiger partial charge in [-0.15, -0.1) is 0 Å². The van der Waals surface area contributed by atoms with Crippen molar-refractivity contribution in [1.29, 1.82) is 0 Å². The van der Waals surface area contributed by atoms with Crippen molar-refractivity contribution in [2.45, 2.75) is 17.9 Å². The topological polar surface area (TPSA) is 55.4 Å². The fraction of sp³-hybridized carbons (Fsp3) is 0.167. The van der Waals surface area contributed by atoms with Crippen LogP contribution in [0.3, 0.4) is 0 Å². The lowest BCUT2D eigenvalue weighted by Gasteiger charge is -2.34. The maximum atomic E-state index is 13.2. The molecule has 0 saturated heterocycles. The number of esters is 1. The number of carbonyl (C=O) groups is 2. The van der Waals surface area contributed by atoms with E-state index in [1.54, 1.807) is 12.1 Å². The minimum absolute atomic E-state index is 0.0144. The van der Waals surface area contributed by atoms with E-state index in [-0.39, 0.29) is 12.2 Å². The Hall–Kier alpha value is -2.92. The minimum atomic E-state index is -1.18. The van der Waals surface area contributed by atoms with Gasteiger partial charge in [-0.25, -0.2) is 4.79 Å². The van der Waals surface area contributed by atoms with Crippen LogP contribution in [0.15, 0.2) is 83.3 Å². The van der Waals surface area contributed by atoms with Crippen molar-refractivity contribution < 1.29 is 14.3 Å². The third-order valence-electron chi connectivity index (χ3n) is 5.48. The highest BCUT2D eigenvalue weighted by molar-refractivity contribution is 9.10. The molecular weight excluding hydrogens is 430 g/mol. The molecule has 0 aliphatic carbocycles. The van der Waals surface area contributed by atoms with Gasteiger partial charge in [0.25, 0.3) is 0 Å². The number of hydrogen-bond acceptors (Lipinski definition) is 4. The number of fused-ring (bicyclic) bond motifs is 1. The summed E-state index contributed by atoms with van der Waals surface area (Å²) in [5.41, 5.74) is 1.99. The monoisotopic (exact) mass is 449 g/mol. The first kappa shape index (κ1) is 19.4. The summed E-state index contributed by atoms with van der Waals surface area (Å²) >= 11 is 3.45. The number of ketones is 1. The normalized spacial score (nSPS) is 19.9. The fourth-order valence-electron chi connectivity index (χ4n) is 4.10. The molecule has 0 fully saturated rings. The Morgan fingerprint density at radius 2 is 1.62 bits per heavy atom. The summed E-state index contributed by atoms with van der Waals surface area (Å²) in [7, 11) is 1.38. The number of ether oxygens (including phenoxy) is 1. The molecule has 0 amide bonds. The van der Waals surface area contributed by atoms with Crippen LogP contribution < -0.4 is 5.32 Å². The molecule has 1 aliphatic rings. The molecule has 1 aliphatic heterocycles. The smallest absolute Gasteiger partial charge is 0.336 e. The third-order valence-corrected chi connectivity index (χ3v) is 6.01. The van der Waals surface area contributed by atoms with E-state index in [1.165, 1.54) is 7.11 Å². The highest BCUT2D eigenvalue weighted by Gasteiger charge is 2.54. The molecule has 4 nitrogen and oxygen atoms in total. The summed E-state index contributed by atoms with van der Waals surface area (Å²) in [4.78, 5) is 26.3. The van der Waals surface area contributed by atoms with Crippen LogP contribution in [0.1, 0.15) is 33.8 Å². The summed E-state index contributed by atoms with van der Waals surface area (Å²) in [6.45, 7) is 0. The number of Topliss-reactive ketones (excluding diaryl/α,β-unsaturated/α-hetero) is 1. The lowest BCUT2D eigenvalue weighted by molar-refractivity contribution is -0.147. The number of hydrogen-bond donors (Lipinski definition) is 1. The number of nitrogens with one attached hydrogen (secondary N) is 1. The molecule has 4 rings (SSSR count). The van der Waals surface area contributed by atoms with E-state index in [0.717, 1.165) is 21.3 Å². The molecule has 0 bridgehead atoms. The predicted molar refractivity (Wildman–Crippen MR) is 116 cm³/mol. The first-order valence-corrected chi connectivity index (χ1v) is 10.2. The van der Waals surface area contributed by atoms with Crippen molar-refractivity contribution in [2.24, 2.45) is 0 Å². The number of anilines is 1. The molecule has 3 aromatic carbocycles. The third kappa shape index (κ3) is 3.36. The summed E-state index contributed by atoms with van der Waals surface area (Å²) < 4.78 is 6.16. The number of benzene rings is 3. The molecule has 29 heavy (non-hydrogen) atoms. The number of rotatable bonds is 5. The Bertz CT molecular complexity index is 1050. The van der Waals surface area contributed by atoms with E-state index < -0.39 is 17.4 Å². The predicted octanol–water partition coefficient (Wildman–Crippen LogP) is 5.30. The average Bonchev–Trinajstić information content (AvgIpc) is 3.09. The zero-order chi connectivity index (χ0) is 20.4. The van der Waals surface area contributed by atoms with Crippen molar-refractivity contribution in [1.82, 2.24) is 0 Å². The van der Waals surface area contributed by atoms with E-state index >= 15 is 0 Å². The molecule has 0 unspecified atom stereocenters. The highest BCUT2D eigenvalue weighted by Crippen LogP contribution is 2.51. The van der Waals surface area contributed by atoms with Crippen LogP contribution in [0.2, 0.25) is 0 Å². The average molecular weight is 450 g/mol. The van der Waals surface area contributed by atoms with Gasteiger partial charge < -0.3 is 10.1 Å². The van der Waals surface area contributed by atoms with Crippen LogP contribution >= 0.6 is 15.9 Å². The Morgan fingerprint density at radius 1 is 0.966 bits per heavy atom. The molecule has 1 heterocycles. The van der Waals surface area contributed by atoms with Gasteiger partial charge in [0.1, 0.15) is 0 Å². The number of halogens is 1. The highest BCUT2D eigenvalue weighted by atomic mass is 79.9. The molecule has 146 valence electrons. The van der Waals surface area contributed by atoms with Crippen LogP contribution in [0.25, 0.3) is 0 Å². The lowest BCUT2D eigenvalue weighted by Crippen LogP contribution is -2.46. The molecule has 2 atom stereocenters. The summed E-state index contributed by atoms with van der Waals surface area (Å²) in [5, 5.41) is 3.40. The molecule has 0 saturated carbocycles. The largest absolute Gasteiger partial charge is 0.467 e. The van der Waals surface area contributed by atoms with Crippen LogP contribution in [0, 0.1) is 0 Å². The number of carbonyl (C=O) groups excluding carboxylic acids is 2. The van der Waals surface area contributed by atoms with Gasteiger partial charge in [0, 0.05) is 28.1 Å². The lowest BCUT2D eigenvalue weighted by atomic mass is 9.74. The van der Waals surface area contributed by atoms with Crippen molar-refractivity contribution in [2.75, 3.05) is 12.4 Å². The van der Waals surface area contributed by atoms with E-state index in [4.69, 9.17) is 4.74 Å². The molecule has 0 spiro atoms. The standard InChI is InChI=1S/C24H20BrNO3/c1-29-23(28)24(17-11-13-18(25)14-12-17)20(19-9-5-6-10-21(19)26-24)15-22(27)16-7-3-2-4-8-16/h2-14,20,26H,15H2,1H3/t20-,24-/m0/s1. The van der Waals surface area contributed by atoms with Gasteiger partial charge in [0.05, 0.1) is 7.11 Å². The van der Waals surface area contributed by atoms with Gasteiger partial charge in [0.15, 0.2) is 11.3 Å². The first-order valence-electron chi connectivity index (χ1n) is 9.36. The van der Waals surface area contributed by atoms with Gasteiger partial charge in [0.2, 0.25) is 0 Å². The number of methoxy groups -OCH3 is 1. The molecule has 0 radical (unpaired) electrons. The van der Waals surface area contributed by atoms with Crippen LogP contribution in [0.5, 0.6) is 0 Å². The summed E-state index contributed by atoms with van der Waals surface area (Å²) in [6.07, 6.45) is 0.180. The van der Waals surface area contributed by atoms with Crippen molar-refractivity contribution in [3.05, 3.63) is 100 Å². The van der Waals surface area contributed by atoms with Gasteiger partial charge >= 0.3 is 5.97 Å². The van der Waals surface area contributed by atoms with Crippen LogP contribution in [-0.2, 0) is 15.1 Å². The second-order valence-electron chi connectivity index (χ2n) is 7.06. The van der Waals surface area contributed by atoms with Gasteiger partial charge in [-0.3, -0.25) is 4.79 Å². The quantitative estimate of drug-likeness (QED) is 0.424. The molecule has 5 heteroatoms. The van der Waals surface area contributed by atoms with Crippen LogP contribution in [0.4, 0.5) is 5.69 Å². The van der Waals surface area contributed by atoms with Gasteiger partial charge in [-0.05, 0) is 29.3 Å². The SMILES string of the molecule is COC(=O)[C@@]1(c2ccc(Br)cc2)Nc2ccccc2[C@@H]1CC(=O)c1ccccc1. The Kier molecular flexibility index (Phi) is 5.24. The first-order chi connectivity index (χ1) is 14.1. The van der Waals surface area contributed by atoms with Crippen molar-refractivity contribution >= 4 is 33.4 Å². The van der Waals surface area contributed by atoms with E-state index in [9.17, 15) is 9.59 Å². The van der Waals surface area contributed by atoms with Gasteiger partial charge in [-0.2, -0.15) is 0 Å². The summed E-state index contributed by atoms with van der Waals surface area (Å²) in [5.74, 6) is -0.832. The molecular formula is C24H20BrNO3. The molecule has 0 aromatic heterocycles. The summed E-state index contributed by atoms with van der Waals surface area (Å²) in [6, 6.07) is 24.5. The maximum absolute atomic E-state index is 13.2. The molecule has 3 aromatic rings. The Labute approximate surface area is 178 Å². The Balaban J connectivity index is 1.85. The van der Waals surface area contributed by atoms with Crippen LogP contribution in [-0.4, -0.2) is 18.9 Å². The zero-order valence-corrected chi connectivity index (χ0v) is 17.5. The van der Waals surface area contributed by atoms with Crippen molar-refractivity contribution in [3.63, 3.8) is 0 Å². The van der Waals surface area contributed by atoms with E-state index in [2.05, 4.69) is 21.2 Å². The molecule has 1 N–H and O–H groups in total. The second-order valence-corrected chi connectivity index (χ2v) is 7.98. The second kappa shape index (κ2) is 7.84. The van der Waals surface area contributed by atoms with Gasteiger partial charge in [-0.1, -0.05) is 76.6 Å². The van der Waals surface area contributed by atoms with E-state index in [1.807, 2.05) is 66.7 Å². The zero-order valence-electron chi connectivity index (χ0n) is 15.9. The minimum Gasteiger partial charge on any atom is -0.467 e. The maximum Gasteiger partial charge on any atom is 0.336 e. The van der Waals surface area contributed by atoms with E-state index in [0.29, 0.717) is 5.56 Å². The number of para-hydroxylation sites is 1.